The average Bonchev–Trinajstić information content (AvgIpc) is 3.16. The summed E-state index contributed by atoms with van der Waals surface area (Å²) in [4.78, 5) is 27.2. The third-order valence-corrected chi connectivity index (χ3v) is 6.20. The Morgan fingerprint density at radius 1 is 1.06 bits per heavy atom. The number of carbonyl (C=O) groups is 2. The number of esters is 1. The van der Waals surface area contributed by atoms with Gasteiger partial charge in [0, 0.05) is 23.8 Å². The van der Waals surface area contributed by atoms with Crippen molar-refractivity contribution in [2.75, 3.05) is 24.1 Å². The fourth-order valence-electron chi connectivity index (χ4n) is 4.31. The van der Waals surface area contributed by atoms with E-state index in [9.17, 15) is 9.59 Å². The number of carbonyl (C=O) groups excluding carboxylic acids is 2. The molecule has 2 heterocycles. The van der Waals surface area contributed by atoms with E-state index in [4.69, 9.17) is 4.74 Å². The van der Waals surface area contributed by atoms with E-state index >= 15 is 0 Å². The van der Waals surface area contributed by atoms with E-state index in [1.54, 1.807) is 6.07 Å². The zero-order valence-corrected chi connectivity index (χ0v) is 19.3. The van der Waals surface area contributed by atoms with Gasteiger partial charge in [-0.15, -0.1) is 0 Å². The van der Waals surface area contributed by atoms with Crippen molar-refractivity contribution in [1.82, 2.24) is 0 Å². The van der Waals surface area contributed by atoms with Gasteiger partial charge < -0.3 is 9.64 Å². The fourth-order valence-corrected chi connectivity index (χ4v) is 4.31. The van der Waals surface area contributed by atoms with Gasteiger partial charge in [-0.2, -0.15) is 10.1 Å². The predicted octanol–water partition coefficient (Wildman–Crippen LogP) is 4.74. The van der Waals surface area contributed by atoms with Gasteiger partial charge in [-0.1, -0.05) is 31.5 Å². The number of benzene rings is 2. The Morgan fingerprint density at radius 2 is 1.75 bits per heavy atom. The number of fused-ring (bicyclic) bond motifs is 1. The Morgan fingerprint density at radius 3 is 2.41 bits per heavy atom. The minimum atomic E-state index is -0.356. The molecule has 0 radical (unpaired) electrons. The molecule has 0 saturated carbocycles. The van der Waals surface area contributed by atoms with Crippen molar-refractivity contribution in [1.29, 1.82) is 0 Å². The van der Waals surface area contributed by atoms with E-state index in [1.807, 2.05) is 69.4 Å². The lowest BCUT2D eigenvalue weighted by Crippen LogP contribution is -2.23. The van der Waals surface area contributed by atoms with Crippen molar-refractivity contribution in [2.24, 2.45) is 5.10 Å². The number of likely N-dealkylation sites (N-methyl/N-ethyl adjacent to an activating group) is 1. The van der Waals surface area contributed by atoms with E-state index in [-0.39, 0.29) is 17.3 Å². The van der Waals surface area contributed by atoms with Crippen LogP contribution in [0.4, 0.5) is 11.4 Å². The molecule has 2 aliphatic rings. The Bertz CT molecular complexity index is 1200. The number of amides is 1. The van der Waals surface area contributed by atoms with Crippen molar-refractivity contribution < 1.29 is 14.3 Å². The molecule has 6 heteroatoms. The summed E-state index contributed by atoms with van der Waals surface area (Å²) in [6.07, 6.45) is 3.82. The molecule has 0 spiro atoms. The highest BCUT2D eigenvalue weighted by Crippen LogP contribution is 2.47. The molecule has 2 aromatic carbocycles. The molecular formula is C26H27N3O3. The number of rotatable bonds is 3. The van der Waals surface area contributed by atoms with Gasteiger partial charge in [0.15, 0.2) is 0 Å². The second-order valence-corrected chi connectivity index (χ2v) is 8.68. The van der Waals surface area contributed by atoms with Crippen LogP contribution in [0.1, 0.15) is 42.3 Å². The normalized spacial score (nSPS) is 19.6. The van der Waals surface area contributed by atoms with Crippen molar-refractivity contribution in [3.05, 3.63) is 82.6 Å². The van der Waals surface area contributed by atoms with Crippen LogP contribution in [0.3, 0.4) is 0 Å². The first-order chi connectivity index (χ1) is 15.1. The molecule has 1 amide bonds. The average molecular weight is 430 g/mol. The van der Waals surface area contributed by atoms with Gasteiger partial charge in [0.25, 0.3) is 5.91 Å². The number of hydrazone groups is 1. The summed E-state index contributed by atoms with van der Waals surface area (Å²) in [6.45, 7) is 8.07. The fraction of sp³-hybridized carbons (Fsp3) is 0.269. The van der Waals surface area contributed by atoms with Crippen molar-refractivity contribution in [2.45, 2.75) is 33.1 Å². The molecule has 32 heavy (non-hydrogen) atoms. The third-order valence-electron chi connectivity index (χ3n) is 6.20. The van der Waals surface area contributed by atoms with Crippen LogP contribution in [0, 0.1) is 6.92 Å². The highest BCUT2D eigenvalue weighted by atomic mass is 16.5. The van der Waals surface area contributed by atoms with Crippen molar-refractivity contribution >= 4 is 29.0 Å². The maximum Gasteiger partial charge on any atom is 0.337 e. The molecule has 164 valence electrons. The number of anilines is 2. The summed E-state index contributed by atoms with van der Waals surface area (Å²) in [6, 6.07) is 13.3. The molecule has 4 rings (SSSR count). The maximum atomic E-state index is 13.1. The Labute approximate surface area is 188 Å². The number of nitrogens with zero attached hydrogens (tertiary/aromatic N) is 3. The van der Waals surface area contributed by atoms with E-state index < -0.39 is 0 Å². The van der Waals surface area contributed by atoms with Gasteiger partial charge in [-0.05, 0) is 61.9 Å². The molecule has 0 saturated heterocycles. The molecule has 0 aromatic heterocycles. The topological polar surface area (TPSA) is 62.2 Å². The summed E-state index contributed by atoms with van der Waals surface area (Å²) >= 11 is 0. The highest BCUT2D eigenvalue weighted by molar-refractivity contribution is 6.29. The predicted molar refractivity (Wildman–Crippen MR) is 127 cm³/mol. The minimum absolute atomic E-state index is 0.146. The van der Waals surface area contributed by atoms with Crippen LogP contribution in [-0.4, -0.2) is 31.7 Å². The lowest BCUT2D eigenvalue weighted by atomic mass is 9.83. The van der Waals surface area contributed by atoms with Gasteiger partial charge in [-0.3, -0.25) is 4.79 Å². The number of hydrogen-bond acceptors (Lipinski definition) is 5. The number of hydrogen-bond donors (Lipinski definition) is 0. The molecule has 0 atom stereocenters. The molecule has 2 aliphatic heterocycles. The number of ether oxygens (including phenoxy) is 1. The van der Waals surface area contributed by atoms with Crippen molar-refractivity contribution in [3.63, 3.8) is 0 Å². The van der Waals surface area contributed by atoms with Crippen LogP contribution in [0.15, 0.2) is 71.0 Å². The van der Waals surface area contributed by atoms with Crippen LogP contribution in [0.2, 0.25) is 0 Å². The van der Waals surface area contributed by atoms with E-state index in [2.05, 4.69) is 23.8 Å². The summed E-state index contributed by atoms with van der Waals surface area (Å²) in [7, 11) is 3.37. The molecule has 0 N–H and O–H groups in total. The zero-order chi connectivity index (χ0) is 23.2. The minimum Gasteiger partial charge on any atom is -0.465 e. The van der Waals surface area contributed by atoms with Gasteiger partial charge in [-0.25, -0.2) is 4.79 Å². The standard InChI is InChI=1S/C26H27N3O3/c1-16-7-10-19(11-8-16)29-24(30)20(17(2)27-29)12-14-23-26(3,4)21-15-18(25(31)32-6)9-13-22(21)28(23)5/h7-15H,1-6H3/b20-12-,23-14+. The first-order valence-electron chi connectivity index (χ1n) is 10.5. The number of aryl methyl sites for hydroxylation is 1. The molecule has 2 aromatic rings. The van der Waals surface area contributed by atoms with Gasteiger partial charge >= 0.3 is 5.97 Å². The second kappa shape index (κ2) is 7.79. The van der Waals surface area contributed by atoms with Crippen LogP contribution >= 0.6 is 0 Å². The summed E-state index contributed by atoms with van der Waals surface area (Å²) in [5.74, 6) is -0.502. The molecular weight excluding hydrogens is 402 g/mol. The summed E-state index contributed by atoms with van der Waals surface area (Å²) < 4.78 is 4.88. The molecule has 6 nitrogen and oxygen atoms in total. The van der Waals surface area contributed by atoms with E-state index in [1.165, 1.54) is 12.1 Å². The summed E-state index contributed by atoms with van der Waals surface area (Å²) in [5, 5.41) is 5.91. The SMILES string of the molecule is COC(=O)c1ccc2c(c1)C(C)(C)/C(=C\C=C1/C(=O)N(c3ccc(C)cc3)N=C1C)N2C. The van der Waals surface area contributed by atoms with Crippen LogP contribution in [-0.2, 0) is 14.9 Å². The zero-order valence-electron chi connectivity index (χ0n) is 19.3. The molecule has 0 unspecified atom stereocenters. The quantitative estimate of drug-likeness (QED) is 0.522. The van der Waals surface area contributed by atoms with Gasteiger partial charge in [0.05, 0.1) is 29.6 Å². The molecule has 0 fully saturated rings. The van der Waals surface area contributed by atoms with Crippen molar-refractivity contribution in [3.8, 4) is 0 Å². The Balaban J connectivity index is 1.68. The first kappa shape index (κ1) is 21.6. The third kappa shape index (κ3) is 3.42. The second-order valence-electron chi connectivity index (χ2n) is 8.68. The lowest BCUT2D eigenvalue weighted by molar-refractivity contribution is -0.114. The van der Waals surface area contributed by atoms with Gasteiger partial charge in [0.1, 0.15) is 0 Å². The molecule has 0 aliphatic carbocycles. The van der Waals surface area contributed by atoms with Gasteiger partial charge in [0.2, 0.25) is 0 Å². The Kier molecular flexibility index (Phi) is 5.25. The largest absolute Gasteiger partial charge is 0.465 e. The number of methoxy groups -OCH3 is 1. The van der Waals surface area contributed by atoms with E-state index in [0.29, 0.717) is 16.8 Å². The molecule has 0 bridgehead atoms. The monoisotopic (exact) mass is 429 g/mol. The van der Waals surface area contributed by atoms with Crippen LogP contribution in [0.5, 0.6) is 0 Å². The lowest BCUT2D eigenvalue weighted by Gasteiger charge is -2.23. The first-order valence-corrected chi connectivity index (χ1v) is 10.5. The maximum absolute atomic E-state index is 13.1. The smallest absolute Gasteiger partial charge is 0.337 e. The number of allylic oxidation sites excluding steroid dienone is 3. The van der Waals surface area contributed by atoms with Crippen LogP contribution in [0.25, 0.3) is 0 Å². The highest BCUT2D eigenvalue weighted by Gasteiger charge is 2.39. The Hall–Kier alpha value is -3.67. The summed E-state index contributed by atoms with van der Waals surface area (Å²) in [5.41, 5.74) is 6.37. The van der Waals surface area contributed by atoms with Crippen LogP contribution < -0.4 is 9.91 Å². The van der Waals surface area contributed by atoms with E-state index in [0.717, 1.165) is 28.2 Å².